The highest BCUT2D eigenvalue weighted by atomic mass is 16.5. The van der Waals surface area contributed by atoms with Crippen LogP contribution >= 0.6 is 0 Å². The Balaban J connectivity index is 1.75. The highest BCUT2D eigenvalue weighted by Crippen LogP contribution is 2.26. The molecule has 1 fully saturated rings. The number of rotatable bonds is 3. The number of aromatic nitrogens is 2. The summed E-state index contributed by atoms with van der Waals surface area (Å²) >= 11 is 0. The summed E-state index contributed by atoms with van der Waals surface area (Å²) in [6.45, 7) is 9.41. The summed E-state index contributed by atoms with van der Waals surface area (Å²) in [5.74, 6) is 1.65. The molecule has 2 heterocycles. The van der Waals surface area contributed by atoms with Gasteiger partial charge in [0.2, 0.25) is 11.8 Å². The average molecular weight is 313 g/mol. The van der Waals surface area contributed by atoms with Gasteiger partial charge in [-0.2, -0.15) is 4.98 Å². The van der Waals surface area contributed by atoms with Gasteiger partial charge in [0.1, 0.15) is 0 Å². The second kappa shape index (κ2) is 6.14. The highest BCUT2D eigenvalue weighted by molar-refractivity contribution is 5.73. The standard InChI is InChI=1S/C18H23N3O2/c1-11-7-12(2)16(13(3)8-11)9-17-19-18(23-20-17)15-5-6-21(10-15)14(4)22/h7-8,15H,5-6,9-10H2,1-4H3/t15-/m1/s1. The zero-order chi connectivity index (χ0) is 16.6. The minimum atomic E-state index is 0.109. The number of nitrogens with zero attached hydrogens (tertiary/aromatic N) is 3. The molecule has 1 aromatic heterocycles. The van der Waals surface area contributed by atoms with Crippen LogP contribution in [0, 0.1) is 20.8 Å². The van der Waals surface area contributed by atoms with Crippen LogP contribution in [-0.2, 0) is 11.2 Å². The summed E-state index contributed by atoms with van der Waals surface area (Å²) in [6.07, 6.45) is 1.58. The molecule has 0 spiro atoms. The quantitative estimate of drug-likeness (QED) is 0.874. The minimum Gasteiger partial charge on any atom is -0.342 e. The lowest BCUT2D eigenvalue weighted by Gasteiger charge is -2.11. The Kier molecular flexibility index (Phi) is 4.20. The average Bonchev–Trinajstić information content (AvgIpc) is 3.11. The van der Waals surface area contributed by atoms with Crippen LogP contribution in [0.25, 0.3) is 0 Å². The van der Waals surface area contributed by atoms with Gasteiger partial charge in [-0.15, -0.1) is 0 Å². The number of hydrogen-bond donors (Lipinski definition) is 0. The van der Waals surface area contributed by atoms with Gasteiger partial charge in [-0.3, -0.25) is 4.79 Å². The topological polar surface area (TPSA) is 59.2 Å². The van der Waals surface area contributed by atoms with Crippen molar-refractivity contribution in [2.75, 3.05) is 13.1 Å². The Morgan fingerprint density at radius 2 is 2.00 bits per heavy atom. The zero-order valence-corrected chi connectivity index (χ0v) is 14.2. The molecule has 1 amide bonds. The minimum absolute atomic E-state index is 0.109. The largest absolute Gasteiger partial charge is 0.342 e. The molecular formula is C18H23N3O2. The van der Waals surface area contributed by atoms with Crippen LogP contribution in [0.5, 0.6) is 0 Å². The van der Waals surface area contributed by atoms with Crippen LogP contribution in [0.1, 0.15) is 53.2 Å². The first-order valence-electron chi connectivity index (χ1n) is 8.08. The molecule has 1 aliphatic heterocycles. The number of likely N-dealkylation sites (tertiary alicyclic amines) is 1. The lowest BCUT2D eigenvalue weighted by molar-refractivity contribution is -0.127. The van der Waals surface area contributed by atoms with Crippen LogP contribution in [0.3, 0.4) is 0 Å². The van der Waals surface area contributed by atoms with Crippen molar-refractivity contribution in [3.63, 3.8) is 0 Å². The molecule has 5 nitrogen and oxygen atoms in total. The molecule has 0 unspecified atom stereocenters. The van der Waals surface area contributed by atoms with Crippen molar-refractivity contribution in [2.45, 2.75) is 46.5 Å². The van der Waals surface area contributed by atoms with E-state index in [0.29, 0.717) is 18.9 Å². The van der Waals surface area contributed by atoms with Crippen molar-refractivity contribution in [1.82, 2.24) is 15.0 Å². The number of amides is 1. The Labute approximate surface area is 136 Å². The van der Waals surface area contributed by atoms with Gasteiger partial charge in [0.25, 0.3) is 0 Å². The van der Waals surface area contributed by atoms with Crippen molar-refractivity contribution in [2.24, 2.45) is 0 Å². The summed E-state index contributed by atoms with van der Waals surface area (Å²) in [5, 5.41) is 4.14. The molecule has 0 N–H and O–H groups in total. The van der Waals surface area contributed by atoms with Crippen molar-refractivity contribution < 1.29 is 9.32 Å². The summed E-state index contributed by atoms with van der Waals surface area (Å²) in [7, 11) is 0. The molecule has 1 saturated heterocycles. The molecule has 1 atom stereocenters. The van der Waals surface area contributed by atoms with Gasteiger partial charge < -0.3 is 9.42 Å². The van der Waals surface area contributed by atoms with Gasteiger partial charge in [-0.05, 0) is 43.9 Å². The van der Waals surface area contributed by atoms with Crippen molar-refractivity contribution >= 4 is 5.91 Å². The molecular weight excluding hydrogens is 290 g/mol. The maximum Gasteiger partial charge on any atom is 0.231 e. The van der Waals surface area contributed by atoms with Crippen molar-refractivity contribution in [3.8, 4) is 0 Å². The third-order valence-corrected chi connectivity index (χ3v) is 4.64. The van der Waals surface area contributed by atoms with E-state index in [1.54, 1.807) is 6.92 Å². The van der Waals surface area contributed by atoms with E-state index in [9.17, 15) is 4.79 Å². The smallest absolute Gasteiger partial charge is 0.231 e. The number of aryl methyl sites for hydroxylation is 3. The maximum absolute atomic E-state index is 11.4. The van der Waals surface area contributed by atoms with Gasteiger partial charge in [0.05, 0.1) is 5.92 Å². The first kappa shape index (κ1) is 15.7. The summed E-state index contributed by atoms with van der Waals surface area (Å²) in [4.78, 5) is 17.8. The van der Waals surface area contributed by atoms with Crippen LogP contribution in [-0.4, -0.2) is 34.0 Å². The first-order chi connectivity index (χ1) is 10.9. The van der Waals surface area contributed by atoms with Crippen LogP contribution in [0.2, 0.25) is 0 Å². The molecule has 0 saturated carbocycles. The molecule has 23 heavy (non-hydrogen) atoms. The summed E-state index contributed by atoms with van der Waals surface area (Å²) in [5.41, 5.74) is 5.06. The fraction of sp³-hybridized carbons (Fsp3) is 0.500. The van der Waals surface area contributed by atoms with Crippen LogP contribution in [0.4, 0.5) is 0 Å². The second-order valence-electron chi connectivity index (χ2n) is 6.55. The van der Waals surface area contributed by atoms with Gasteiger partial charge in [-0.25, -0.2) is 0 Å². The van der Waals surface area contributed by atoms with Crippen LogP contribution in [0.15, 0.2) is 16.7 Å². The van der Waals surface area contributed by atoms with E-state index >= 15 is 0 Å². The Morgan fingerprint density at radius 3 is 2.61 bits per heavy atom. The molecule has 0 radical (unpaired) electrons. The van der Waals surface area contributed by atoms with E-state index in [0.717, 1.165) is 18.8 Å². The molecule has 1 aromatic carbocycles. The zero-order valence-electron chi connectivity index (χ0n) is 14.2. The first-order valence-corrected chi connectivity index (χ1v) is 8.08. The predicted octanol–water partition coefficient (Wildman–Crippen LogP) is 2.92. The predicted molar refractivity (Wildman–Crippen MR) is 87.4 cm³/mol. The number of carbonyl (C=O) groups is 1. The Bertz CT molecular complexity index is 713. The Hall–Kier alpha value is -2.17. The summed E-state index contributed by atoms with van der Waals surface area (Å²) < 4.78 is 5.45. The number of benzene rings is 1. The van der Waals surface area contributed by atoms with Gasteiger partial charge >= 0.3 is 0 Å². The molecule has 2 aromatic rings. The van der Waals surface area contributed by atoms with Crippen molar-refractivity contribution in [3.05, 3.63) is 46.1 Å². The van der Waals surface area contributed by atoms with E-state index in [4.69, 9.17) is 4.52 Å². The van der Waals surface area contributed by atoms with Gasteiger partial charge in [0.15, 0.2) is 5.82 Å². The van der Waals surface area contributed by atoms with Crippen molar-refractivity contribution in [1.29, 1.82) is 0 Å². The third-order valence-electron chi connectivity index (χ3n) is 4.64. The SMILES string of the molecule is CC(=O)N1CC[C@@H](c2nc(Cc3c(C)cc(C)cc3C)no2)C1. The highest BCUT2D eigenvalue weighted by Gasteiger charge is 2.29. The normalized spacial score (nSPS) is 17.7. The molecule has 122 valence electrons. The lowest BCUT2D eigenvalue weighted by Crippen LogP contribution is -2.25. The fourth-order valence-corrected chi connectivity index (χ4v) is 3.40. The van der Waals surface area contributed by atoms with Gasteiger partial charge in [0, 0.05) is 26.4 Å². The number of carbonyl (C=O) groups excluding carboxylic acids is 1. The Morgan fingerprint density at radius 1 is 1.30 bits per heavy atom. The van der Waals surface area contributed by atoms with E-state index in [1.807, 2.05) is 4.90 Å². The molecule has 0 aliphatic carbocycles. The second-order valence-corrected chi connectivity index (χ2v) is 6.55. The van der Waals surface area contributed by atoms with E-state index in [-0.39, 0.29) is 11.8 Å². The van der Waals surface area contributed by atoms with E-state index in [2.05, 4.69) is 43.0 Å². The van der Waals surface area contributed by atoms with Crippen LogP contribution < -0.4 is 0 Å². The molecule has 1 aliphatic rings. The molecule has 0 bridgehead atoms. The van der Waals surface area contributed by atoms with Gasteiger partial charge in [-0.1, -0.05) is 22.9 Å². The summed E-state index contributed by atoms with van der Waals surface area (Å²) in [6, 6.07) is 4.37. The van der Waals surface area contributed by atoms with E-state index < -0.39 is 0 Å². The molecule has 3 rings (SSSR count). The lowest BCUT2D eigenvalue weighted by atomic mass is 9.97. The monoisotopic (exact) mass is 313 g/mol. The maximum atomic E-state index is 11.4. The third kappa shape index (κ3) is 3.28. The fourth-order valence-electron chi connectivity index (χ4n) is 3.40. The van der Waals surface area contributed by atoms with E-state index in [1.165, 1.54) is 22.3 Å². The number of hydrogen-bond acceptors (Lipinski definition) is 4. The molecule has 5 heteroatoms.